The summed E-state index contributed by atoms with van der Waals surface area (Å²) in [6.45, 7) is 11.3. The quantitative estimate of drug-likeness (QED) is 0.211. The van der Waals surface area contributed by atoms with Crippen molar-refractivity contribution in [3.05, 3.63) is 0 Å². The topological polar surface area (TPSA) is 55.3 Å². The molecule has 0 amide bonds. The minimum atomic E-state index is 0. The van der Waals surface area contributed by atoms with Gasteiger partial charge in [-0.3, -0.25) is 4.99 Å². The predicted molar refractivity (Wildman–Crippen MR) is 109 cm³/mol. The van der Waals surface area contributed by atoms with Crippen LogP contribution in [0, 0.1) is 5.92 Å². The van der Waals surface area contributed by atoms with E-state index in [0.29, 0.717) is 32.3 Å². The summed E-state index contributed by atoms with van der Waals surface area (Å²) in [6.07, 6.45) is 3.43. The van der Waals surface area contributed by atoms with Crippen LogP contribution in [0.5, 0.6) is 0 Å². The number of ether oxygens (including phenoxy) is 3. The number of unbranched alkanes of at least 4 members (excludes halogenated alkanes) is 1. The molecule has 0 bridgehead atoms. The molecule has 1 unspecified atom stereocenters. The van der Waals surface area contributed by atoms with Gasteiger partial charge in [0.15, 0.2) is 5.96 Å². The van der Waals surface area contributed by atoms with Crippen LogP contribution in [-0.4, -0.2) is 77.2 Å². The van der Waals surface area contributed by atoms with Gasteiger partial charge in [-0.15, -0.1) is 24.0 Å². The van der Waals surface area contributed by atoms with E-state index in [2.05, 4.69) is 36.1 Å². The third-order valence-corrected chi connectivity index (χ3v) is 3.76. The molecule has 0 spiro atoms. The second-order valence-corrected chi connectivity index (χ2v) is 5.92. The maximum absolute atomic E-state index is 5.56. The zero-order valence-corrected chi connectivity index (χ0v) is 17.9. The van der Waals surface area contributed by atoms with Crippen molar-refractivity contribution in [1.29, 1.82) is 0 Å². The summed E-state index contributed by atoms with van der Waals surface area (Å²) in [5.41, 5.74) is 0. The van der Waals surface area contributed by atoms with Gasteiger partial charge in [-0.05, 0) is 19.8 Å². The van der Waals surface area contributed by atoms with Gasteiger partial charge in [0.05, 0.1) is 33.0 Å². The van der Waals surface area contributed by atoms with Gasteiger partial charge >= 0.3 is 0 Å². The minimum Gasteiger partial charge on any atom is -0.381 e. The zero-order valence-electron chi connectivity index (χ0n) is 15.6. The van der Waals surface area contributed by atoms with Crippen LogP contribution in [0.2, 0.25) is 0 Å². The van der Waals surface area contributed by atoms with E-state index in [1.807, 2.05) is 0 Å². The Kier molecular flexibility index (Phi) is 16.3. The highest BCUT2D eigenvalue weighted by Crippen LogP contribution is 2.13. The Labute approximate surface area is 164 Å². The second kappa shape index (κ2) is 16.4. The molecule has 0 aromatic carbocycles. The molecule has 1 aliphatic rings. The molecule has 0 aliphatic carbocycles. The summed E-state index contributed by atoms with van der Waals surface area (Å²) >= 11 is 0. The van der Waals surface area contributed by atoms with Crippen molar-refractivity contribution in [2.75, 3.05) is 66.3 Å². The van der Waals surface area contributed by atoms with Crippen LogP contribution in [-0.2, 0) is 14.2 Å². The molecule has 1 atom stereocenters. The van der Waals surface area contributed by atoms with Crippen molar-refractivity contribution < 1.29 is 14.2 Å². The normalized spacial score (nSPS) is 17.6. The summed E-state index contributed by atoms with van der Waals surface area (Å²) in [7, 11) is 2.09. The molecule has 1 aliphatic heterocycles. The van der Waals surface area contributed by atoms with Crippen LogP contribution in [0.3, 0.4) is 0 Å². The van der Waals surface area contributed by atoms with Crippen molar-refractivity contribution in [1.82, 2.24) is 10.2 Å². The third kappa shape index (κ3) is 11.4. The number of halogens is 1. The van der Waals surface area contributed by atoms with Crippen molar-refractivity contribution in [2.45, 2.75) is 33.1 Å². The van der Waals surface area contributed by atoms with Crippen LogP contribution in [0.4, 0.5) is 0 Å². The van der Waals surface area contributed by atoms with Crippen molar-refractivity contribution >= 4 is 29.9 Å². The first-order chi connectivity index (χ1) is 11.3. The van der Waals surface area contributed by atoms with E-state index in [4.69, 9.17) is 14.2 Å². The van der Waals surface area contributed by atoms with Gasteiger partial charge in [0.1, 0.15) is 0 Å². The minimum absolute atomic E-state index is 0. The van der Waals surface area contributed by atoms with E-state index >= 15 is 0 Å². The molecule has 1 rings (SSSR count). The van der Waals surface area contributed by atoms with Gasteiger partial charge in [-0.1, -0.05) is 13.3 Å². The molecular weight excluding hydrogens is 421 g/mol. The van der Waals surface area contributed by atoms with Crippen molar-refractivity contribution in [2.24, 2.45) is 10.9 Å². The number of hydrogen-bond acceptors (Lipinski definition) is 4. The number of nitrogens with one attached hydrogen (secondary N) is 1. The lowest BCUT2D eigenvalue weighted by atomic mass is 10.1. The fourth-order valence-electron chi connectivity index (χ4n) is 2.46. The smallest absolute Gasteiger partial charge is 0.193 e. The summed E-state index contributed by atoms with van der Waals surface area (Å²) in [5, 5.41) is 3.34. The summed E-state index contributed by atoms with van der Waals surface area (Å²) in [6, 6.07) is 0. The van der Waals surface area contributed by atoms with Crippen LogP contribution in [0.25, 0.3) is 0 Å². The van der Waals surface area contributed by atoms with Crippen LogP contribution in [0.15, 0.2) is 4.99 Å². The maximum atomic E-state index is 5.56. The van der Waals surface area contributed by atoms with Gasteiger partial charge < -0.3 is 24.4 Å². The van der Waals surface area contributed by atoms with Crippen LogP contribution in [0.1, 0.15) is 33.1 Å². The molecule has 0 saturated carbocycles. The number of rotatable bonds is 12. The molecule has 1 fully saturated rings. The molecular formula is C17H36IN3O3. The Morgan fingerprint density at radius 3 is 2.58 bits per heavy atom. The molecule has 1 heterocycles. The molecule has 7 heteroatoms. The number of hydrogen-bond donors (Lipinski definition) is 1. The lowest BCUT2D eigenvalue weighted by Gasteiger charge is -2.24. The molecule has 0 aromatic heterocycles. The number of aliphatic imine (C=N–C) groups is 1. The third-order valence-electron chi connectivity index (χ3n) is 3.76. The summed E-state index contributed by atoms with van der Waals surface area (Å²) < 4.78 is 16.5. The van der Waals surface area contributed by atoms with Crippen LogP contribution < -0.4 is 5.32 Å². The first-order valence-electron chi connectivity index (χ1n) is 9.00. The SMILES string of the molecule is CCCCOCCOCCN=C(NCC)N(C)CC1CCOC1.I. The second-order valence-electron chi connectivity index (χ2n) is 5.92. The highest BCUT2D eigenvalue weighted by molar-refractivity contribution is 14.0. The van der Waals surface area contributed by atoms with Gasteiger partial charge in [0.2, 0.25) is 0 Å². The van der Waals surface area contributed by atoms with Gasteiger partial charge in [0.25, 0.3) is 0 Å². The molecule has 6 nitrogen and oxygen atoms in total. The molecule has 24 heavy (non-hydrogen) atoms. The summed E-state index contributed by atoms with van der Waals surface area (Å²) in [4.78, 5) is 6.82. The van der Waals surface area contributed by atoms with Crippen LogP contribution >= 0.6 is 24.0 Å². The maximum Gasteiger partial charge on any atom is 0.193 e. The Hall–Kier alpha value is -0.120. The van der Waals surface area contributed by atoms with E-state index in [9.17, 15) is 0 Å². The van der Waals surface area contributed by atoms with E-state index in [1.54, 1.807) is 0 Å². The predicted octanol–water partition coefficient (Wildman–Crippen LogP) is 2.37. The average molecular weight is 457 g/mol. The molecule has 0 aromatic rings. The highest BCUT2D eigenvalue weighted by atomic mass is 127. The van der Waals surface area contributed by atoms with E-state index in [-0.39, 0.29) is 24.0 Å². The van der Waals surface area contributed by atoms with E-state index in [0.717, 1.165) is 51.7 Å². The van der Waals surface area contributed by atoms with Crippen molar-refractivity contribution in [3.8, 4) is 0 Å². The Morgan fingerprint density at radius 2 is 1.96 bits per heavy atom. The van der Waals surface area contributed by atoms with E-state index < -0.39 is 0 Å². The fourth-order valence-corrected chi connectivity index (χ4v) is 2.46. The monoisotopic (exact) mass is 457 g/mol. The molecule has 144 valence electrons. The molecule has 0 radical (unpaired) electrons. The summed E-state index contributed by atoms with van der Waals surface area (Å²) in [5.74, 6) is 1.56. The fraction of sp³-hybridized carbons (Fsp3) is 0.941. The van der Waals surface area contributed by atoms with Crippen molar-refractivity contribution in [3.63, 3.8) is 0 Å². The number of guanidine groups is 1. The average Bonchev–Trinajstić information content (AvgIpc) is 3.05. The number of nitrogens with zero attached hydrogens (tertiary/aromatic N) is 2. The first-order valence-corrected chi connectivity index (χ1v) is 9.00. The van der Waals surface area contributed by atoms with E-state index in [1.165, 1.54) is 6.42 Å². The highest BCUT2D eigenvalue weighted by Gasteiger charge is 2.18. The van der Waals surface area contributed by atoms with Gasteiger partial charge in [-0.2, -0.15) is 0 Å². The first kappa shape index (κ1) is 23.9. The zero-order chi connectivity index (χ0) is 16.8. The Balaban J connectivity index is 0.00000529. The largest absolute Gasteiger partial charge is 0.381 e. The lowest BCUT2D eigenvalue weighted by Crippen LogP contribution is -2.41. The molecule has 1 N–H and O–H groups in total. The van der Waals surface area contributed by atoms with Gasteiger partial charge in [-0.25, -0.2) is 0 Å². The Bertz CT molecular complexity index is 313. The Morgan fingerprint density at radius 1 is 1.21 bits per heavy atom. The lowest BCUT2D eigenvalue weighted by molar-refractivity contribution is 0.0497. The van der Waals surface area contributed by atoms with Gasteiger partial charge in [0, 0.05) is 39.3 Å². The standard InChI is InChI=1S/C17H35N3O3.HI/c1-4-6-9-21-12-13-22-11-8-19-17(18-5-2)20(3)14-16-7-10-23-15-16;/h16H,4-15H2,1-3H3,(H,18,19);1H. The molecule has 1 saturated heterocycles.